The first-order valence-corrected chi connectivity index (χ1v) is 4.41. The van der Waals surface area contributed by atoms with Crippen molar-refractivity contribution in [2.75, 3.05) is 32.2 Å². The van der Waals surface area contributed by atoms with Crippen molar-refractivity contribution in [3.05, 3.63) is 17.8 Å². The summed E-state index contributed by atoms with van der Waals surface area (Å²) in [6.07, 6.45) is 0. The molecule has 78 valence electrons. The van der Waals surface area contributed by atoms with E-state index in [-0.39, 0.29) is 6.61 Å². The van der Waals surface area contributed by atoms with Crippen molar-refractivity contribution in [1.29, 1.82) is 0 Å². The van der Waals surface area contributed by atoms with Crippen molar-refractivity contribution in [3.63, 3.8) is 0 Å². The van der Waals surface area contributed by atoms with E-state index < -0.39 is 0 Å². The van der Waals surface area contributed by atoms with Crippen molar-refractivity contribution < 1.29 is 9.84 Å². The van der Waals surface area contributed by atoms with Crippen LogP contribution in [0.3, 0.4) is 0 Å². The Hall–Kier alpha value is -1.20. The van der Waals surface area contributed by atoms with Gasteiger partial charge in [0, 0.05) is 20.7 Å². The minimum absolute atomic E-state index is 0.0743. The number of aliphatic hydroxyl groups excluding tert-OH is 1. The number of hydrogen-bond donors (Lipinski definition) is 1. The molecule has 0 bridgehead atoms. The quantitative estimate of drug-likeness (QED) is 0.723. The fourth-order valence-corrected chi connectivity index (χ4v) is 0.984. The molecule has 0 saturated heterocycles. The minimum Gasteiger partial charge on any atom is -0.390 e. The zero-order valence-corrected chi connectivity index (χ0v) is 8.47. The van der Waals surface area contributed by atoms with Gasteiger partial charge >= 0.3 is 0 Å². The Morgan fingerprint density at radius 3 is 2.71 bits per heavy atom. The lowest BCUT2D eigenvalue weighted by molar-refractivity contribution is 0.206. The second-order valence-electron chi connectivity index (χ2n) is 2.96. The first-order valence-electron chi connectivity index (χ1n) is 4.41. The number of nitrogens with zero attached hydrogens (tertiary/aromatic N) is 3. The molecule has 5 heteroatoms. The molecule has 0 radical (unpaired) electrons. The van der Waals surface area contributed by atoms with Gasteiger partial charge in [-0.1, -0.05) is 0 Å². The number of aromatic nitrogens is 2. The van der Waals surface area contributed by atoms with Gasteiger partial charge in [-0.05, 0) is 12.1 Å². The Labute approximate surface area is 83.3 Å². The number of rotatable bonds is 5. The van der Waals surface area contributed by atoms with Crippen LogP contribution < -0.4 is 4.90 Å². The van der Waals surface area contributed by atoms with Crippen LogP contribution in [0.15, 0.2) is 12.1 Å². The molecule has 1 heterocycles. The lowest BCUT2D eigenvalue weighted by atomic mass is 10.4. The SMILES string of the molecule is COCCN(C)c1ccc(CO)nn1. The van der Waals surface area contributed by atoms with Crippen molar-refractivity contribution >= 4 is 5.82 Å². The van der Waals surface area contributed by atoms with E-state index in [9.17, 15) is 0 Å². The zero-order valence-electron chi connectivity index (χ0n) is 8.47. The molecule has 1 rings (SSSR count). The fourth-order valence-electron chi connectivity index (χ4n) is 0.984. The lowest BCUT2D eigenvalue weighted by Crippen LogP contribution is -2.23. The van der Waals surface area contributed by atoms with Gasteiger partial charge in [0.2, 0.25) is 0 Å². The molecule has 1 aromatic heterocycles. The van der Waals surface area contributed by atoms with Gasteiger partial charge in [0.1, 0.15) is 0 Å². The van der Waals surface area contributed by atoms with Crippen molar-refractivity contribution in [2.24, 2.45) is 0 Å². The molecule has 0 fully saturated rings. The third kappa shape index (κ3) is 2.93. The highest BCUT2D eigenvalue weighted by Gasteiger charge is 2.02. The summed E-state index contributed by atoms with van der Waals surface area (Å²) in [5.41, 5.74) is 0.578. The smallest absolute Gasteiger partial charge is 0.151 e. The van der Waals surface area contributed by atoms with E-state index in [4.69, 9.17) is 9.84 Å². The first-order chi connectivity index (χ1) is 6.77. The van der Waals surface area contributed by atoms with Gasteiger partial charge < -0.3 is 14.7 Å². The number of hydrogen-bond acceptors (Lipinski definition) is 5. The number of likely N-dealkylation sites (N-methyl/N-ethyl adjacent to an activating group) is 1. The number of methoxy groups -OCH3 is 1. The van der Waals surface area contributed by atoms with Gasteiger partial charge in [0.25, 0.3) is 0 Å². The number of anilines is 1. The topological polar surface area (TPSA) is 58.5 Å². The molecule has 14 heavy (non-hydrogen) atoms. The molecule has 0 aliphatic carbocycles. The third-order valence-corrected chi connectivity index (χ3v) is 1.89. The van der Waals surface area contributed by atoms with Crippen LogP contribution in [0, 0.1) is 0 Å². The van der Waals surface area contributed by atoms with Gasteiger partial charge in [-0.25, -0.2) is 0 Å². The summed E-state index contributed by atoms with van der Waals surface area (Å²) >= 11 is 0. The second-order valence-corrected chi connectivity index (χ2v) is 2.96. The molecule has 0 atom stereocenters. The molecular weight excluding hydrogens is 182 g/mol. The van der Waals surface area contributed by atoms with Gasteiger partial charge in [0.15, 0.2) is 5.82 Å². The highest BCUT2D eigenvalue weighted by Crippen LogP contribution is 2.06. The molecule has 0 aliphatic heterocycles. The first kappa shape index (κ1) is 10.9. The van der Waals surface area contributed by atoms with Gasteiger partial charge in [-0.2, -0.15) is 5.10 Å². The summed E-state index contributed by atoms with van der Waals surface area (Å²) in [6, 6.07) is 3.58. The normalized spacial score (nSPS) is 10.2. The van der Waals surface area contributed by atoms with Crippen LogP contribution in [-0.4, -0.2) is 42.6 Å². The summed E-state index contributed by atoms with van der Waals surface area (Å²) in [7, 11) is 3.58. The Bertz CT molecular complexity index is 263. The van der Waals surface area contributed by atoms with Crippen LogP contribution in [0.5, 0.6) is 0 Å². The molecule has 1 aromatic rings. The molecule has 0 saturated carbocycles. The Kier molecular flexibility index (Phi) is 4.28. The summed E-state index contributed by atoms with van der Waals surface area (Å²) in [5, 5.41) is 16.6. The van der Waals surface area contributed by atoms with Crippen LogP contribution in [-0.2, 0) is 11.3 Å². The van der Waals surface area contributed by atoms with E-state index in [0.29, 0.717) is 12.3 Å². The molecule has 1 N–H and O–H groups in total. The second kappa shape index (κ2) is 5.51. The average molecular weight is 197 g/mol. The monoisotopic (exact) mass is 197 g/mol. The van der Waals surface area contributed by atoms with Crippen LogP contribution in [0.25, 0.3) is 0 Å². The Morgan fingerprint density at radius 1 is 1.43 bits per heavy atom. The van der Waals surface area contributed by atoms with Gasteiger partial charge in [-0.3, -0.25) is 0 Å². The van der Waals surface area contributed by atoms with Crippen molar-refractivity contribution in [3.8, 4) is 0 Å². The molecule has 0 aromatic carbocycles. The molecule has 0 spiro atoms. The summed E-state index contributed by atoms with van der Waals surface area (Å²) < 4.78 is 4.95. The molecule has 0 aliphatic rings. The molecule has 0 unspecified atom stereocenters. The third-order valence-electron chi connectivity index (χ3n) is 1.89. The molecule has 0 amide bonds. The van der Waals surface area contributed by atoms with Crippen molar-refractivity contribution in [1.82, 2.24) is 10.2 Å². The van der Waals surface area contributed by atoms with Crippen LogP contribution in [0.4, 0.5) is 5.82 Å². The summed E-state index contributed by atoms with van der Waals surface area (Å²) in [4.78, 5) is 1.94. The predicted molar refractivity (Wildman–Crippen MR) is 53.1 cm³/mol. The Balaban J connectivity index is 2.57. The summed E-state index contributed by atoms with van der Waals surface area (Å²) in [5.74, 6) is 0.777. The van der Waals surface area contributed by atoms with Gasteiger partial charge in [-0.15, -0.1) is 5.10 Å². The largest absolute Gasteiger partial charge is 0.390 e. The average Bonchev–Trinajstić information content (AvgIpc) is 2.26. The standard InChI is InChI=1S/C9H15N3O2/c1-12(5-6-14-2)9-4-3-8(7-13)10-11-9/h3-4,13H,5-7H2,1-2H3. The summed E-state index contributed by atoms with van der Waals surface area (Å²) in [6.45, 7) is 1.35. The van der Waals surface area contributed by atoms with E-state index in [0.717, 1.165) is 12.4 Å². The number of aliphatic hydroxyl groups is 1. The molecular formula is C9H15N3O2. The zero-order chi connectivity index (χ0) is 10.4. The van der Waals surface area contributed by atoms with E-state index in [1.165, 1.54) is 0 Å². The van der Waals surface area contributed by atoms with E-state index in [2.05, 4.69) is 10.2 Å². The lowest BCUT2D eigenvalue weighted by Gasteiger charge is -2.16. The van der Waals surface area contributed by atoms with E-state index in [1.54, 1.807) is 13.2 Å². The van der Waals surface area contributed by atoms with E-state index in [1.807, 2.05) is 18.0 Å². The Morgan fingerprint density at radius 2 is 2.21 bits per heavy atom. The van der Waals surface area contributed by atoms with Crippen LogP contribution in [0.2, 0.25) is 0 Å². The van der Waals surface area contributed by atoms with Gasteiger partial charge in [0.05, 0.1) is 18.9 Å². The van der Waals surface area contributed by atoms with Crippen molar-refractivity contribution in [2.45, 2.75) is 6.61 Å². The van der Waals surface area contributed by atoms with Crippen LogP contribution in [0.1, 0.15) is 5.69 Å². The number of ether oxygens (including phenoxy) is 1. The predicted octanol–water partition coefficient (Wildman–Crippen LogP) is 0.0515. The van der Waals surface area contributed by atoms with E-state index >= 15 is 0 Å². The highest BCUT2D eigenvalue weighted by atomic mass is 16.5. The van der Waals surface area contributed by atoms with Crippen LogP contribution >= 0.6 is 0 Å². The fraction of sp³-hybridized carbons (Fsp3) is 0.556. The maximum absolute atomic E-state index is 8.77. The maximum atomic E-state index is 8.77. The highest BCUT2D eigenvalue weighted by molar-refractivity contribution is 5.35. The maximum Gasteiger partial charge on any atom is 0.151 e. The molecule has 5 nitrogen and oxygen atoms in total. The minimum atomic E-state index is -0.0743.